The van der Waals surface area contributed by atoms with Gasteiger partial charge < -0.3 is 0 Å². The van der Waals surface area contributed by atoms with Crippen molar-refractivity contribution >= 4 is 11.8 Å². The second-order valence-electron chi connectivity index (χ2n) is 5.09. The molecule has 1 saturated carbocycles. The predicted octanol–water partition coefficient (Wildman–Crippen LogP) is 0.586. The SMILES string of the molecule is CC1CC(=C2CC(=O)NC2=O)CN1C1CC1. The Morgan fingerprint density at radius 1 is 1.31 bits per heavy atom. The molecular formula is C12H16N2O2. The molecule has 2 saturated heterocycles. The van der Waals surface area contributed by atoms with E-state index in [0.29, 0.717) is 12.5 Å². The molecule has 1 N–H and O–H groups in total. The van der Waals surface area contributed by atoms with Crippen LogP contribution in [-0.4, -0.2) is 35.3 Å². The minimum Gasteiger partial charge on any atom is -0.293 e. The van der Waals surface area contributed by atoms with Crippen LogP contribution in [0.2, 0.25) is 0 Å². The number of imide groups is 1. The van der Waals surface area contributed by atoms with Gasteiger partial charge in [0, 0.05) is 24.2 Å². The Labute approximate surface area is 94.7 Å². The molecule has 2 heterocycles. The smallest absolute Gasteiger partial charge is 0.254 e. The average Bonchev–Trinajstić information content (AvgIpc) is 2.91. The largest absolute Gasteiger partial charge is 0.293 e. The molecule has 1 aliphatic carbocycles. The van der Waals surface area contributed by atoms with E-state index >= 15 is 0 Å². The van der Waals surface area contributed by atoms with Crippen molar-refractivity contribution in [1.82, 2.24) is 10.2 Å². The van der Waals surface area contributed by atoms with Gasteiger partial charge in [-0.3, -0.25) is 19.8 Å². The highest BCUT2D eigenvalue weighted by Crippen LogP contribution is 2.36. The van der Waals surface area contributed by atoms with Crippen LogP contribution in [0.5, 0.6) is 0 Å². The molecule has 3 aliphatic rings. The third kappa shape index (κ3) is 1.57. The molecule has 0 spiro atoms. The number of likely N-dealkylation sites (tertiary alicyclic amines) is 1. The molecule has 16 heavy (non-hydrogen) atoms. The van der Waals surface area contributed by atoms with E-state index in [9.17, 15) is 9.59 Å². The van der Waals surface area contributed by atoms with Crippen LogP contribution in [0.15, 0.2) is 11.1 Å². The monoisotopic (exact) mass is 220 g/mol. The maximum absolute atomic E-state index is 11.6. The number of nitrogens with zero attached hydrogens (tertiary/aromatic N) is 1. The topological polar surface area (TPSA) is 49.4 Å². The predicted molar refractivity (Wildman–Crippen MR) is 58.6 cm³/mol. The van der Waals surface area contributed by atoms with Crippen LogP contribution in [0.25, 0.3) is 0 Å². The first kappa shape index (κ1) is 10.0. The van der Waals surface area contributed by atoms with Gasteiger partial charge in [0.1, 0.15) is 0 Å². The summed E-state index contributed by atoms with van der Waals surface area (Å²) in [5.41, 5.74) is 1.92. The average molecular weight is 220 g/mol. The Bertz CT molecular complexity index is 396. The van der Waals surface area contributed by atoms with Crippen LogP contribution in [0, 0.1) is 0 Å². The van der Waals surface area contributed by atoms with Gasteiger partial charge in [-0.2, -0.15) is 0 Å². The van der Waals surface area contributed by atoms with Crippen molar-refractivity contribution in [2.45, 2.75) is 44.7 Å². The molecule has 1 unspecified atom stereocenters. The minimum atomic E-state index is -0.162. The summed E-state index contributed by atoms with van der Waals surface area (Å²) in [6, 6.07) is 1.26. The third-order valence-electron chi connectivity index (χ3n) is 3.79. The first-order chi connectivity index (χ1) is 7.65. The fourth-order valence-corrected chi connectivity index (χ4v) is 2.80. The van der Waals surface area contributed by atoms with Crippen molar-refractivity contribution in [3.63, 3.8) is 0 Å². The van der Waals surface area contributed by atoms with E-state index in [1.54, 1.807) is 0 Å². The zero-order valence-electron chi connectivity index (χ0n) is 9.45. The first-order valence-electron chi connectivity index (χ1n) is 5.96. The van der Waals surface area contributed by atoms with E-state index in [4.69, 9.17) is 0 Å². The standard InChI is InChI=1S/C12H16N2O2/c1-7-4-8(6-14(7)9-2-3-9)10-5-11(15)13-12(10)16/h7,9H,2-6H2,1H3,(H,13,15,16). The van der Waals surface area contributed by atoms with Crippen molar-refractivity contribution in [2.75, 3.05) is 6.54 Å². The molecule has 4 heteroatoms. The lowest BCUT2D eigenvalue weighted by atomic mass is 10.0. The lowest BCUT2D eigenvalue weighted by Gasteiger charge is -2.19. The van der Waals surface area contributed by atoms with Crippen molar-refractivity contribution < 1.29 is 9.59 Å². The van der Waals surface area contributed by atoms with Crippen LogP contribution in [0.4, 0.5) is 0 Å². The summed E-state index contributed by atoms with van der Waals surface area (Å²) in [6.07, 6.45) is 3.82. The number of rotatable bonds is 1. The molecule has 0 radical (unpaired) electrons. The minimum absolute atomic E-state index is 0.148. The maximum Gasteiger partial charge on any atom is 0.254 e. The van der Waals surface area contributed by atoms with Gasteiger partial charge in [0.25, 0.3) is 5.91 Å². The highest BCUT2D eigenvalue weighted by atomic mass is 16.2. The second-order valence-corrected chi connectivity index (χ2v) is 5.09. The number of carbonyl (C=O) groups excluding carboxylic acids is 2. The van der Waals surface area contributed by atoms with E-state index in [1.165, 1.54) is 18.4 Å². The van der Waals surface area contributed by atoms with E-state index in [0.717, 1.165) is 24.6 Å². The summed E-state index contributed by atoms with van der Waals surface area (Å²) in [5, 5.41) is 2.36. The van der Waals surface area contributed by atoms with Gasteiger partial charge in [0.05, 0.1) is 6.42 Å². The highest BCUT2D eigenvalue weighted by Gasteiger charge is 2.39. The van der Waals surface area contributed by atoms with Gasteiger partial charge in [0.15, 0.2) is 0 Å². The zero-order valence-corrected chi connectivity index (χ0v) is 9.45. The molecule has 3 fully saturated rings. The van der Waals surface area contributed by atoms with Gasteiger partial charge in [-0.1, -0.05) is 0 Å². The molecular weight excluding hydrogens is 204 g/mol. The summed E-state index contributed by atoms with van der Waals surface area (Å²) in [5.74, 6) is -0.310. The molecule has 2 amide bonds. The van der Waals surface area contributed by atoms with Gasteiger partial charge >= 0.3 is 0 Å². The van der Waals surface area contributed by atoms with Gasteiger partial charge in [-0.15, -0.1) is 0 Å². The summed E-state index contributed by atoms with van der Waals surface area (Å²) in [4.78, 5) is 25.2. The van der Waals surface area contributed by atoms with Gasteiger partial charge in [0.2, 0.25) is 5.91 Å². The number of nitrogens with one attached hydrogen (secondary N) is 1. The maximum atomic E-state index is 11.6. The van der Waals surface area contributed by atoms with Crippen LogP contribution < -0.4 is 5.32 Å². The Balaban J connectivity index is 1.83. The highest BCUT2D eigenvalue weighted by molar-refractivity contribution is 6.13. The molecule has 0 bridgehead atoms. The number of carbonyl (C=O) groups is 2. The second kappa shape index (κ2) is 3.42. The lowest BCUT2D eigenvalue weighted by molar-refractivity contribution is -0.124. The molecule has 3 rings (SSSR count). The number of hydrogen-bond donors (Lipinski definition) is 1. The lowest BCUT2D eigenvalue weighted by Crippen LogP contribution is -2.28. The van der Waals surface area contributed by atoms with E-state index < -0.39 is 0 Å². The molecule has 4 nitrogen and oxygen atoms in total. The summed E-state index contributed by atoms with van der Waals surface area (Å²) in [7, 11) is 0. The van der Waals surface area contributed by atoms with Crippen LogP contribution in [-0.2, 0) is 9.59 Å². The number of amides is 2. The van der Waals surface area contributed by atoms with Gasteiger partial charge in [-0.25, -0.2) is 0 Å². The molecule has 86 valence electrons. The Hall–Kier alpha value is -1.16. The molecule has 0 aromatic rings. The molecule has 0 aromatic carbocycles. The van der Waals surface area contributed by atoms with Crippen molar-refractivity contribution in [2.24, 2.45) is 0 Å². The Morgan fingerprint density at radius 3 is 2.62 bits per heavy atom. The van der Waals surface area contributed by atoms with E-state index in [2.05, 4.69) is 17.1 Å². The Morgan fingerprint density at radius 2 is 2.06 bits per heavy atom. The molecule has 0 aromatic heterocycles. The van der Waals surface area contributed by atoms with E-state index in [-0.39, 0.29) is 11.8 Å². The zero-order chi connectivity index (χ0) is 11.3. The fraction of sp³-hybridized carbons (Fsp3) is 0.667. The van der Waals surface area contributed by atoms with Crippen LogP contribution in [0.1, 0.15) is 32.6 Å². The quantitative estimate of drug-likeness (QED) is 0.519. The third-order valence-corrected chi connectivity index (χ3v) is 3.79. The van der Waals surface area contributed by atoms with Crippen molar-refractivity contribution in [3.8, 4) is 0 Å². The summed E-state index contributed by atoms with van der Waals surface area (Å²) in [6.45, 7) is 3.10. The van der Waals surface area contributed by atoms with Gasteiger partial charge in [-0.05, 0) is 31.8 Å². The number of hydrogen-bond acceptors (Lipinski definition) is 3. The molecule has 1 atom stereocenters. The fourth-order valence-electron chi connectivity index (χ4n) is 2.80. The van der Waals surface area contributed by atoms with E-state index in [1.807, 2.05) is 0 Å². The summed E-state index contributed by atoms with van der Waals surface area (Å²) >= 11 is 0. The van der Waals surface area contributed by atoms with Crippen molar-refractivity contribution in [1.29, 1.82) is 0 Å². The van der Waals surface area contributed by atoms with Crippen molar-refractivity contribution in [3.05, 3.63) is 11.1 Å². The Kier molecular flexibility index (Phi) is 2.14. The van der Waals surface area contributed by atoms with Crippen LogP contribution in [0.3, 0.4) is 0 Å². The summed E-state index contributed by atoms with van der Waals surface area (Å²) < 4.78 is 0. The normalized spacial score (nSPS) is 35.9. The molecule has 2 aliphatic heterocycles. The van der Waals surface area contributed by atoms with Crippen LogP contribution >= 0.6 is 0 Å². The first-order valence-corrected chi connectivity index (χ1v) is 5.96.